The molecule has 1 aliphatic heterocycles. The SMILES string of the molecule is COc1nn(C)cc1C(=O)N1CCN(c2ccccc2)CC1. The van der Waals surface area contributed by atoms with E-state index in [9.17, 15) is 4.79 Å². The Morgan fingerprint density at radius 3 is 2.45 bits per heavy atom. The van der Waals surface area contributed by atoms with Crippen molar-refractivity contribution in [1.82, 2.24) is 14.7 Å². The number of aryl methyl sites for hydroxylation is 1. The van der Waals surface area contributed by atoms with Gasteiger partial charge in [-0.1, -0.05) is 18.2 Å². The first-order valence-electron chi connectivity index (χ1n) is 7.36. The molecule has 0 unspecified atom stereocenters. The van der Waals surface area contributed by atoms with Crippen LogP contribution in [-0.2, 0) is 7.05 Å². The van der Waals surface area contributed by atoms with Crippen LogP contribution >= 0.6 is 0 Å². The first kappa shape index (κ1) is 14.4. The lowest BCUT2D eigenvalue weighted by atomic mass is 10.2. The molecule has 2 aromatic rings. The molecule has 0 spiro atoms. The van der Waals surface area contributed by atoms with E-state index in [1.54, 1.807) is 17.9 Å². The summed E-state index contributed by atoms with van der Waals surface area (Å²) in [5, 5.41) is 4.14. The van der Waals surface area contributed by atoms with Gasteiger partial charge in [0.05, 0.1) is 7.11 Å². The average molecular weight is 300 g/mol. The molecule has 0 atom stereocenters. The van der Waals surface area contributed by atoms with Crippen molar-refractivity contribution < 1.29 is 9.53 Å². The van der Waals surface area contributed by atoms with Crippen LogP contribution in [0.2, 0.25) is 0 Å². The maximum Gasteiger partial charge on any atom is 0.261 e. The number of benzene rings is 1. The van der Waals surface area contributed by atoms with Crippen LogP contribution in [0.3, 0.4) is 0 Å². The molecule has 116 valence electrons. The Kier molecular flexibility index (Phi) is 4.00. The number of methoxy groups -OCH3 is 1. The largest absolute Gasteiger partial charge is 0.479 e. The Balaban J connectivity index is 1.67. The van der Waals surface area contributed by atoms with E-state index in [1.807, 2.05) is 23.1 Å². The number of hydrogen-bond acceptors (Lipinski definition) is 4. The van der Waals surface area contributed by atoms with Gasteiger partial charge in [0, 0.05) is 45.1 Å². The molecule has 6 nitrogen and oxygen atoms in total. The van der Waals surface area contributed by atoms with Crippen molar-refractivity contribution in [2.24, 2.45) is 7.05 Å². The van der Waals surface area contributed by atoms with Crippen LogP contribution in [0.1, 0.15) is 10.4 Å². The lowest BCUT2D eigenvalue weighted by molar-refractivity contribution is 0.0743. The first-order chi connectivity index (χ1) is 10.7. The molecule has 0 N–H and O–H groups in total. The van der Waals surface area contributed by atoms with E-state index in [4.69, 9.17) is 4.74 Å². The summed E-state index contributed by atoms with van der Waals surface area (Å²) in [6, 6.07) is 10.3. The highest BCUT2D eigenvalue weighted by atomic mass is 16.5. The van der Waals surface area contributed by atoms with Crippen molar-refractivity contribution in [2.75, 3.05) is 38.2 Å². The fourth-order valence-corrected chi connectivity index (χ4v) is 2.74. The van der Waals surface area contributed by atoms with Gasteiger partial charge in [0.1, 0.15) is 5.56 Å². The maximum absolute atomic E-state index is 12.6. The van der Waals surface area contributed by atoms with Crippen molar-refractivity contribution >= 4 is 11.6 Å². The molecule has 0 saturated carbocycles. The average Bonchev–Trinajstić information content (AvgIpc) is 2.96. The quantitative estimate of drug-likeness (QED) is 0.859. The summed E-state index contributed by atoms with van der Waals surface area (Å²) >= 11 is 0. The maximum atomic E-state index is 12.6. The fourth-order valence-electron chi connectivity index (χ4n) is 2.74. The molecule has 0 radical (unpaired) electrons. The number of para-hydroxylation sites is 1. The molecule has 2 heterocycles. The summed E-state index contributed by atoms with van der Waals surface area (Å²) in [5.41, 5.74) is 1.73. The van der Waals surface area contributed by atoms with Crippen LogP contribution in [0.25, 0.3) is 0 Å². The predicted molar refractivity (Wildman–Crippen MR) is 84.3 cm³/mol. The fraction of sp³-hybridized carbons (Fsp3) is 0.375. The third-order valence-corrected chi connectivity index (χ3v) is 3.91. The van der Waals surface area contributed by atoms with Gasteiger partial charge in [0.25, 0.3) is 5.91 Å². The topological polar surface area (TPSA) is 50.6 Å². The van der Waals surface area contributed by atoms with E-state index in [1.165, 1.54) is 12.8 Å². The van der Waals surface area contributed by atoms with Gasteiger partial charge in [-0.25, -0.2) is 0 Å². The van der Waals surface area contributed by atoms with Gasteiger partial charge < -0.3 is 14.5 Å². The molecular formula is C16H20N4O2. The standard InChI is InChI=1S/C16H20N4O2/c1-18-12-14(15(17-18)22-2)16(21)20-10-8-19(9-11-20)13-6-4-3-5-7-13/h3-7,12H,8-11H2,1-2H3. The Bertz CT molecular complexity index is 645. The van der Waals surface area contributed by atoms with Gasteiger partial charge in [0.15, 0.2) is 0 Å². The highest BCUT2D eigenvalue weighted by Crippen LogP contribution is 2.20. The number of rotatable bonds is 3. The van der Waals surface area contributed by atoms with E-state index >= 15 is 0 Å². The number of amides is 1. The Morgan fingerprint density at radius 1 is 1.14 bits per heavy atom. The summed E-state index contributed by atoms with van der Waals surface area (Å²) in [6.07, 6.45) is 1.71. The van der Waals surface area contributed by atoms with E-state index in [2.05, 4.69) is 22.1 Å². The second-order valence-electron chi connectivity index (χ2n) is 5.34. The third kappa shape index (κ3) is 2.77. The lowest BCUT2D eigenvalue weighted by Gasteiger charge is -2.36. The van der Waals surface area contributed by atoms with E-state index in [0.717, 1.165) is 13.1 Å². The summed E-state index contributed by atoms with van der Waals surface area (Å²) in [4.78, 5) is 16.8. The van der Waals surface area contributed by atoms with Crippen LogP contribution in [0.5, 0.6) is 5.88 Å². The molecule has 0 aliphatic carbocycles. The molecule has 6 heteroatoms. The molecule has 3 rings (SSSR count). The van der Waals surface area contributed by atoms with Gasteiger partial charge in [-0.05, 0) is 12.1 Å². The zero-order valence-corrected chi connectivity index (χ0v) is 12.9. The van der Waals surface area contributed by atoms with E-state index in [0.29, 0.717) is 24.5 Å². The van der Waals surface area contributed by atoms with E-state index < -0.39 is 0 Å². The van der Waals surface area contributed by atoms with Crippen LogP contribution in [0.15, 0.2) is 36.5 Å². The molecule has 22 heavy (non-hydrogen) atoms. The van der Waals surface area contributed by atoms with Crippen LogP contribution in [0.4, 0.5) is 5.69 Å². The Labute approximate surface area is 129 Å². The smallest absolute Gasteiger partial charge is 0.261 e. The van der Waals surface area contributed by atoms with Crippen molar-refractivity contribution in [3.05, 3.63) is 42.1 Å². The van der Waals surface area contributed by atoms with Gasteiger partial charge in [-0.3, -0.25) is 9.48 Å². The molecule has 1 amide bonds. The first-order valence-corrected chi connectivity index (χ1v) is 7.36. The number of hydrogen-bond donors (Lipinski definition) is 0. The molecule has 1 fully saturated rings. The minimum absolute atomic E-state index is 0.0161. The molecule has 1 aromatic carbocycles. The lowest BCUT2D eigenvalue weighted by Crippen LogP contribution is -2.48. The number of aromatic nitrogens is 2. The number of piperazine rings is 1. The molecular weight excluding hydrogens is 280 g/mol. The zero-order valence-electron chi connectivity index (χ0n) is 12.9. The molecule has 0 bridgehead atoms. The van der Waals surface area contributed by atoms with Crippen LogP contribution < -0.4 is 9.64 Å². The summed E-state index contributed by atoms with van der Waals surface area (Å²) in [5.74, 6) is 0.371. The summed E-state index contributed by atoms with van der Waals surface area (Å²) < 4.78 is 6.78. The number of nitrogens with zero attached hydrogens (tertiary/aromatic N) is 4. The van der Waals surface area contributed by atoms with Crippen molar-refractivity contribution in [3.63, 3.8) is 0 Å². The minimum Gasteiger partial charge on any atom is -0.479 e. The van der Waals surface area contributed by atoms with Gasteiger partial charge in [-0.15, -0.1) is 5.10 Å². The van der Waals surface area contributed by atoms with Crippen LogP contribution in [-0.4, -0.2) is 53.9 Å². The van der Waals surface area contributed by atoms with E-state index in [-0.39, 0.29) is 5.91 Å². The normalized spacial score (nSPS) is 15.0. The second kappa shape index (κ2) is 6.09. The third-order valence-electron chi connectivity index (χ3n) is 3.91. The highest BCUT2D eigenvalue weighted by Gasteiger charge is 2.26. The van der Waals surface area contributed by atoms with Gasteiger partial charge in [-0.2, -0.15) is 0 Å². The van der Waals surface area contributed by atoms with Crippen molar-refractivity contribution in [1.29, 1.82) is 0 Å². The minimum atomic E-state index is -0.0161. The Hall–Kier alpha value is -2.50. The molecule has 1 aliphatic rings. The number of anilines is 1. The zero-order chi connectivity index (χ0) is 15.5. The summed E-state index contributed by atoms with van der Waals surface area (Å²) in [6.45, 7) is 3.06. The van der Waals surface area contributed by atoms with Crippen molar-refractivity contribution in [2.45, 2.75) is 0 Å². The number of carbonyl (C=O) groups is 1. The number of ether oxygens (including phenoxy) is 1. The van der Waals surface area contributed by atoms with Crippen molar-refractivity contribution in [3.8, 4) is 5.88 Å². The van der Waals surface area contributed by atoms with Crippen LogP contribution in [0, 0.1) is 0 Å². The predicted octanol–water partition coefficient (Wildman–Crippen LogP) is 1.39. The molecule has 1 aromatic heterocycles. The molecule has 1 saturated heterocycles. The van der Waals surface area contributed by atoms with Gasteiger partial charge >= 0.3 is 0 Å². The highest BCUT2D eigenvalue weighted by molar-refractivity contribution is 5.96. The Morgan fingerprint density at radius 2 is 1.82 bits per heavy atom. The monoisotopic (exact) mass is 300 g/mol. The second-order valence-corrected chi connectivity index (χ2v) is 5.34. The summed E-state index contributed by atoms with van der Waals surface area (Å²) in [7, 11) is 3.32. The van der Waals surface area contributed by atoms with Gasteiger partial charge in [0.2, 0.25) is 5.88 Å². The number of carbonyl (C=O) groups excluding carboxylic acids is 1.